The summed E-state index contributed by atoms with van der Waals surface area (Å²) in [4.78, 5) is 15.4. The topological polar surface area (TPSA) is 25.2 Å². The molecule has 0 radical (unpaired) electrons. The Labute approximate surface area is 191 Å². The molecule has 4 aromatic rings. The van der Waals surface area contributed by atoms with Crippen LogP contribution in [0.1, 0.15) is 17.0 Å². The summed E-state index contributed by atoms with van der Waals surface area (Å²) in [6, 6.07) is 21.4. The molecule has 3 aromatic carbocycles. The van der Waals surface area contributed by atoms with E-state index in [1.807, 2.05) is 42.5 Å². The largest absolute Gasteiger partial charge is 0.343 e. The predicted molar refractivity (Wildman–Crippen MR) is 129 cm³/mol. The lowest BCUT2D eigenvalue weighted by atomic mass is 9.93. The number of nitrogens with zero attached hydrogens (tertiary/aromatic N) is 2. The summed E-state index contributed by atoms with van der Waals surface area (Å²) in [5, 5.41) is 2.07. The summed E-state index contributed by atoms with van der Waals surface area (Å²) in [6.07, 6.45) is 4.61. The Kier molecular flexibility index (Phi) is 5.09. The molecule has 0 bridgehead atoms. The number of para-hydroxylation sites is 3. The second-order valence-corrected chi connectivity index (χ2v) is 8.49. The fourth-order valence-electron chi connectivity index (χ4n) is 4.52. The van der Waals surface area contributed by atoms with E-state index in [4.69, 9.17) is 23.2 Å². The van der Waals surface area contributed by atoms with Gasteiger partial charge < -0.3 is 4.57 Å². The third-order valence-corrected chi connectivity index (χ3v) is 6.46. The maximum absolute atomic E-state index is 13.7. The van der Waals surface area contributed by atoms with Gasteiger partial charge in [-0.25, -0.2) is 0 Å². The molecule has 3 nitrogen and oxygen atoms in total. The van der Waals surface area contributed by atoms with Crippen molar-refractivity contribution in [2.45, 2.75) is 18.9 Å². The zero-order valence-electron chi connectivity index (χ0n) is 16.8. The molecule has 2 heterocycles. The molecule has 1 aliphatic heterocycles. The highest BCUT2D eigenvalue weighted by Gasteiger charge is 2.39. The number of rotatable bonds is 5. The molecule has 1 aromatic heterocycles. The lowest BCUT2D eigenvalue weighted by Gasteiger charge is -2.21. The minimum atomic E-state index is -0.313. The number of hydrogen-bond donors (Lipinski definition) is 0. The van der Waals surface area contributed by atoms with E-state index in [1.165, 1.54) is 0 Å². The molecule has 31 heavy (non-hydrogen) atoms. The van der Waals surface area contributed by atoms with Gasteiger partial charge in [-0.1, -0.05) is 71.7 Å². The van der Waals surface area contributed by atoms with Gasteiger partial charge in [0.15, 0.2) is 0 Å². The molecule has 1 amide bonds. The van der Waals surface area contributed by atoms with Crippen LogP contribution in [0.2, 0.25) is 10.0 Å². The Morgan fingerprint density at radius 2 is 1.65 bits per heavy atom. The van der Waals surface area contributed by atoms with Gasteiger partial charge in [-0.15, -0.1) is 6.58 Å². The number of fused-ring (bicyclic) bond motifs is 2. The van der Waals surface area contributed by atoms with Crippen LogP contribution in [0.25, 0.3) is 10.9 Å². The van der Waals surface area contributed by atoms with Crippen LogP contribution in [0, 0.1) is 0 Å². The first-order chi connectivity index (χ1) is 15.1. The minimum Gasteiger partial charge on any atom is -0.343 e. The molecular formula is C26H20Cl2N2O. The van der Waals surface area contributed by atoms with Crippen LogP contribution in [0.4, 0.5) is 11.4 Å². The van der Waals surface area contributed by atoms with Gasteiger partial charge in [0.2, 0.25) is 5.91 Å². The standard InChI is InChI=1S/C26H20Cl2N2O/c1-2-14-29-16-17(18-8-3-5-12-23(18)29)15-20-19-9-4-6-13-24(19)30(26(20)31)25-21(27)10-7-11-22(25)28/h2-13,16,20H,1,14-15H2. The Hall–Kier alpha value is -3.01. The highest BCUT2D eigenvalue weighted by Crippen LogP contribution is 2.47. The van der Waals surface area contributed by atoms with Gasteiger partial charge in [-0.3, -0.25) is 9.69 Å². The number of benzene rings is 3. The number of amides is 1. The molecule has 1 unspecified atom stereocenters. The smallest absolute Gasteiger partial charge is 0.239 e. The first-order valence-corrected chi connectivity index (χ1v) is 10.9. The summed E-state index contributed by atoms with van der Waals surface area (Å²) >= 11 is 12.9. The number of carbonyl (C=O) groups excluding carboxylic acids is 1. The SMILES string of the molecule is C=CCn1cc(CC2C(=O)N(c3c(Cl)cccc3Cl)c3ccccc32)c2ccccc21. The van der Waals surface area contributed by atoms with Crippen molar-refractivity contribution in [3.63, 3.8) is 0 Å². The van der Waals surface area contributed by atoms with E-state index in [0.717, 1.165) is 34.3 Å². The maximum Gasteiger partial charge on any atom is 0.239 e. The Morgan fingerprint density at radius 3 is 2.42 bits per heavy atom. The molecule has 154 valence electrons. The second kappa shape index (κ2) is 7.92. The molecular weight excluding hydrogens is 427 g/mol. The van der Waals surface area contributed by atoms with Crippen LogP contribution in [0.5, 0.6) is 0 Å². The first-order valence-electron chi connectivity index (χ1n) is 10.1. The molecule has 1 aliphatic rings. The highest BCUT2D eigenvalue weighted by molar-refractivity contribution is 6.40. The normalized spacial score (nSPS) is 15.5. The number of halogens is 2. The average molecular weight is 447 g/mol. The van der Waals surface area contributed by atoms with E-state index in [-0.39, 0.29) is 11.8 Å². The van der Waals surface area contributed by atoms with Crippen LogP contribution in [-0.2, 0) is 17.8 Å². The number of aromatic nitrogens is 1. The summed E-state index contributed by atoms with van der Waals surface area (Å²) in [6.45, 7) is 4.59. The van der Waals surface area contributed by atoms with E-state index in [0.29, 0.717) is 22.2 Å². The molecule has 5 heteroatoms. The third-order valence-electron chi connectivity index (χ3n) is 5.85. The van der Waals surface area contributed by atoms with E-state index in [2.05, 4.69) is 29.5 Å². The zero-order chi connectivity index (χ0) is 21.5. The lowest BCUT2D eigenvalue weighted by molar-refractivity contribution is -0.118. The summed E-state index contributed by atoms with van der Waals surface area (Å²) < 4.78 is 2.17. The van der Waals surface area contributed by atoms with Crippen LogP contribution in [0.3, 0.4) is 0 Å². The Morgan fingerprint density at radius 1 is 0.935 bits per heavy atom. The van der Waals surface area contributed by atoms with Crippen molar-refractivity contribution in [2.24, 2.45) is 0 Å². The van der Waals surface area contributed by atoms with Crippen molar-refractivity contribution in [3.05, 3.63) is 107 Å². The fraction of sp³-hybridized carbons (Fsp3) is 0.115. The van der Waals surface area contributed by atoms with E-state index in [9.17, 15) is 4.79 Å². The second-order valence-electron chi connectivity index (χ2n) is 7.67. The summed E-state index contributed by atoms with van der Waals surface area (Å²) in [5.74, 6) is -0.330. The number of anilines is 2. The lowest BCUT2D eigenvalue weighted by Crippen LogP contribution is -2.25. The molecule has 0 spiro atoms. The van der Waals surface area contributed by atoms with Crippen LogP contribution in [-0.4, -0.2) is 10.5 Å². The van der Waals surface area contributed by atoms with Gasteiger partial charge >= 0.3 is 0 Å². The molecule has 0 aliphatic carbocycles. The first kappa shape index (κ1) is 19.9. The minimum absolute atomic E-state index is 0.0169. The molecule has 0 saturated heterocycles. The van der Waals surface area contributed by atoms with E-state index in [1.54, 1.807) is 23.1 Å². The molecule has 1 atom stereocenters. The zero-order valence-corrected chi connectivity index (χ0v) is 18.3. The molecule has 0 N–H and O–H groups in total. The van der Waals surface area contributed by atoms with Gasteiger partial charge in [0.05, 0.1) is 27.3 Å². The molecule has 0 saturated carbocycles. The number of hydrogen-bond acceptors (Lipinski definition) is 1. The Balaban J connectivity index is 1.61. The predicted octanol–water partition coefficient (Wildman–Crippen LogP) is 7.14. The summed E-state index contributed by atoms with van der Waals surface area (Å²) in [7, 11) is 0. The van der Waals surface area contributed by atoms with E-state index < -0.39 is 0 Å². The third kappa shape index (κ3) is 3.25. The van der Waals surface area contributed by atoms with Gasteiger partial charge in [0.25, 0.3) is 0 Å². The van der Waals surface area contributed by atoms with Crippen molar-refractivity contribution in [1.82, 2.24) is 4.57 Å². The van der Waals surface area contributed by atoms with Gasteiger partial charge in [0.1, 0.15) is 0 Å². The summed E-state index contributed by atoms with van der Waals surface area (Å²) in [5.41, 5.74) is 4.64. The van der Waals surface area contributed by atoms with Crippen LogP contribution >= 0.6 is 23.2 Å². The van der Waals surface area contributed by atoms with Crippen molar-refractivity contribution >= 4 is 51.4 Å². The van der Waals surface area contributed by atoms with Crippen molar-refractivity contribution < 1.29 is 4.79 Å². The van der Waals surface area contributed by atoms with Gasteiger partial charge in [0, 0.05) is 23.6 Å². The Bertz CT molecular complexity index is 1300. The van der Waals surface area contributed by atoms with Crippen molar-refractivity contribution in [3.8, 4) is 0 Å². The van der Waals surface area contributed by atoms with Crippen molar-refractivity contribution in [2.75, 3.05) is 4.90 Å². The highest BCUT2D eigenvalue weighted by atomic mass is 35.5. The molecule has 5 rings (SSSR count). The van der Waals surface area contributed by atoms with Crippen LogP contribution in [0.15, 0.2) is 85.6 Å². The average Bonchev–Trinajstić information content (AvgIpc) is 3.25. The quantitative estimate of drug-likeness (QED) is 0.299. The number of allylic oxidation sites excluding steroid dienone is 1. The fourth-order valence-corrected chi connectivity index (χ4v) is 5.09. The maximum atomic E-state index is 13.7. The van der Waals surface area contributed by atoms with Crippen LogP contribution < -0.4 is 4.90 Å². The number of carbonyl (C=O) groups is 1. The van der Waals surface area contributed by atoms with Gasteiger partial charge in [-0.05, 0) is 41.8 Å². The van der Waals surface area contributed by atoms with Gasteiger partial charge in [-0.2, -0.15) is 0 Å². The van der Waals surface area contributed by atoms with Crippen molar-refractivity contribution in [1.29, 1.82) is 0 Å². The molecule has 0 fully saturated rings. The monoisotopic (exact) mass is 446 g/mol. The van der Waals surface area contributed by atoms with E-state index >= 15 is 0 Å².